The van der Waals surface area contributed by atoms with Gasteiger partial charge in [0.1, 0.15) is 0 Å². The van der Waals surface area contributed by atoms with E-state index in [1.165, 1.54) is 19.3 Å². The molecule has 1 saturated carbocycles. The van der Waals surface area contributed by atoms with Gasteiger partial charge >= 0.3 is 0 Å². The van der Waals surface area contributed by atoms with Gasteiger partial charge in [0, 0.05) is 36.2 Å². The van der Waals surface area contributed by atoms with E-state index in [1.54, 1.807) is 0 Å². The fraction of sp³-hybridized carbons (Fsp3) is 0.462. The third-order valence-electron chi connectivity index (χ3n) is 6.57. The molecule has 4 nitrogen and oxygen atoms in total. The predicted molar refractivity (Wildman–Crippen MR) is 120 cm³/mol. The number of piperidine rings is 1. The topological polar surface area (TPSA) is 49.4 Å². The maximum atomic E-state index is 12.9. The Labute approximate surface area is 179 Å². The van der Waals surface area contributed by atoms with Gasteiger partial charge in [0.05, 0.1) is 0 Å². The first-order valence-electron chi connectivity index (χ1n) is 11.4. The molecule has 2 fully saturated rings. The molecule has 2 aromatic carbocycles. The minimum atomic E-state index is 0.0344. The number of hydrogen-bond donors (Lipinski definition) is 1. The SMILES string of the molecule is Cc1ccc(C(=O)N2CCCC(c3cccc(C(=O)NC4CCCCC4)c3)C2)cc1. The highest BCUT2D eigenvalue weighted by molar-refractivity contribution is 5.95. The molecule has 158 valence electrons. The fourth-order valence-corrected chi connectivity index (χ4v) is 4.76. The van der Waals surface area contributed by atoms with E-state index in [-0.39, 0.29) is 17.7 Å². The van der Waals surface area contributed by atoms with E-state index in [2.05, 4.69) is 11.4 Å². The maximum absolute atomic E-state index is 12.9. The fourth-order valence-electron chi connectivity index (χ4n) is 4.76. The van der Waals surface area contributed by atoms with Crippen molar-refractivity contribution in [2.24, 2.45) is 0 Å². The normalized spacial score (nSPS) is 20.0. The zero-order chi connectivity index (χ0) is 20.9. The summed E-state index contributed by atoms with van der Waals surface area (Å²) in [7, 11) is 0. The second-order valence-electron chi connectivity index (χ2n) is 8.89. The maximum Gasteiger partial charge on any atom is 0.253 e. The number of hydrogen-bond acceptors (Lipinski definition) is 2. The highest BCUT2D eigenvalue weighted by atomic mass is 16.2. The summed E-state index contributed by atoms with van der Waals surface area (Å²) in [5, 5.41) is 3.21. The largest absolute Gasteiger partial charge is 0.349 e. The Morgan fingerprint density at radius 3 is 2.43 bits per heavy atom. The lowest BCUT2D eigenvalue weighted by atomic mass is 9.89. The zero-order valence-corrected chi connectivity index (χ0v) is 17.9. The van der Waals surface area contributed by atoms with Crippen LogP contribution in [0.1, 0.15) is 82.7 Å². The quantitative estimate of drug-likeness (QED) is 0.773. The van der Waals surface area contributed by atoms with Gasteiger partial charge in [0.15, 0.2) is 0 Å². The van der Waals surface area contributed by atoms with Crippen molar-refractivity contribution >= 4 is 11.8 Å². The molecule has 1 atom stereocenters. The van der Waals surface area contributed by atoms with Crippen LogP contribution in [0.15, 0.2) is 48.5 Å². The molecule has 0 radical (unpaired) electrons. The molecule has 1 N–H and O–H groups in total. The molecule has 1 heterocycles. The van der Waals surface area contributed by atoms with Gasteiger partial charge in [-0.05, 0) is 62.4 Å². The summed E-state index contributed by atoms with van der Waals surface area (Å²) in [6.45, 7) is 3.54. The van der Waals surface area contributed by atoms with E-state index in [0.29, 0.717) is 12.6 Å². The lowest BCUT2D eigenvalue weighted by Gasteiger charge is -2.33. The second kappa shape index (κ2) is 9.46. The Hall–Kier alpha value is -2.62. The molecule has 30 heavy (non-hydrogen) atoms. The average Bonchev–Trinajstić information content (AvgIpc) is 2.80. The van der Waals surface area contributed by atoms with E-state index < -0.39 is 0 Å². The molecule has 1 aliphatic carbocycles. The minimum Gasteiger partial charge on any atom is -0.349 e. The van der Waals surface area contributed by atoms with Crippen LogP contribution in [0.25, 0.3) is 0 Å². The van der Waals surface area contributed by atoms with Crippen LogP contribution in [-0.4, -0.2) is 35.8 Å². The Morgan fingerprint density at radius 2 is 1.67 bits per heavy atom. The standard InChI is InChI=1S/C26H32N2O2/c1-19-12-14-20(15-13-19)26(30)28-16-6-9-23(18-28)21-7-5-8-22(17-21)25(29)27-24-10-3-2-4-11-24/h5,7-8,12-15,17,23-24H,2-4,6,9-11,16,18H2,1H3,(H,27,29). The molecule has 4 heteroatoms. The highest BCUT2D eigenvalue weighted by Crippen LogP contribution is 2.28. The number of aryl methyl sites for hydroxylation is 1. The van der Waals surface area contributed by atoms with Gasteiger partial charge in [0.2, 0.25) is 0 Å². The molecule has 2 aliphatic rings. The van der Waals surface area contributed by atoms with E-state index in [9.17, 15) is 9.59 Å². The van der Waals surface area contributed by atoms with Crippen molar-refractivity contribution in [3.8, 4) is 0 Å². The summed E-state index contributed by atoms with van der Waals surface area (Å²) >= 11 is 0. The van der Waals surface area contributed by atoms with Gasteiger partial charge in [-0.15, -0.1) is 0 Å². The van der Waals surface area contributed by atoms with E-state index in [4.69, 9.17) is 0 Å². The molecule has 0 aromatic heterocycles. The Morgan fingerprint density at radius 1 is 0.900 bits per heavy atom. The van der Waals surface area contributed by atoms with Crippen LogP contribution >= 0.6 is 0 Å². The van der Waals surface area contributed by atoms with Crippen molar-refractivity contribution in [3.05, 3.63) is 70.8 Å². The third kappa shape index (κ3) is 4.92. The van der Waals surface area contributed by atoms with Crippen LogP contribution in [0.2, 0.25) is 0 Å². The smallest absolute Gasteiger partial charge is 0.253 e. The van der Waals surface area contributed by atoms with Crippen LogP contribution in [-0.2, 0) is 0 Å². The number of rotatable bonds is 4. The van der Waals surface area contributed by atoms with Crippen LogP contribution < -0.4 is 5.32 Å². The summed E-state index contributed by atoms with van der Waals surface area (Å²) < 4.78 is 0. The van der Waals surface area contributed by atoms with Crippen molar-refractivity contribution in [3.63, 3.8) is 0 Å². The number of nitrogens with one attached hydrogen (secondary N) is 1. The molecule has 2 amide bonds. The molecular weight excluding hydrogens is 372 g/mol. The lowest BCUT2D eigenvalue weighted by Crippen LogP contribution is -2.39. The number of carbonyl (C=O) groups excluding carboxylic acids is 2. The van der Waals surface area contributed by atoms with Crippen LogP contribution in [0.5, 0.6) is 0 Å². The summed E-state index contributed by atoms with van der Waals surface area (Å²) in [4.78, 5) is 27.7. The molecule has 1 aliphatic heterocycles. The van der Waals surface area contributed by atoms with Crippen LogP contribution in [0.3, 0.4) is 0 Å². The number of carbonyl (C=O) groups is 2. The third-order valence-corrected chi connectivity index (χ3v) is 6.57. The van der Waals surface area contributed by atoms with E-state index >= 15 is 0 Å². The van der Waals surface area contributed by atoms with Crippen molar-refractivity contribution in [2.45, 2.75) is 63.8 Å². The molecule has 0 spiro atoms. The zero-order valence-electron chi connectivity index (χ0n) is 17.9. The second-order valence-corrected chi connectivity index (χ2v) is 8.89. The average molecular weight is 405 g/mol. The Bertz CT molecular complexity index is 884. The Balaban J connectivity index is 1.43. The van der Waals surface area contributed by atoms with Crippen molar-refractivity contribution in [1.29, 1.82) is 0 Å². The molecule has 0 bridgehead atoms. The lowest BCUT2D eigenvalue weighted by molar-refractivity contribution is 0.0706. The highest BCUT2D eigenvalue weighted by Gasteiger charge is 2.26. The summed E-state index contributed by atoms with van der Waals surface area (Å²) in [6, 6.07) is 16.1. The number of nitrogens with zero attached hydrogens (tertiary/aromatic N) is 1. The first-order valence-corrected chi connectivity index (χ1v) is 11.4. The first-order chi connectivity index (χ1) is 14.6. The van der Waals surface area contributed by atoms with Crippen molar-refractivity contribution in [2.75, 3.05) is 13.1 Å². The van der Waals surface area contributed by atoms with E-state index in [1.807, 2.05) is 54.3 Å². The van der Waals surface area contributed by atoms with Crippen molar-refractivity contribution in [1.82, 2.24) is 10.2 Å². The number of amides is 2. The number of likely N-dealkylation sites (tertiary alicyclic amines) is 1. The van der Waals surface area contributed by atoms with Crippen LogP contribution in [0, 0.1) is 6.92 Å². The molecule has 4 rings (SSSR count). The van der Waals surface area contributed by atoms with Gasteiger partial charge in [-0.25, -0.2) is 0 Å². The molecular formula is C26H32N2O2. The first kappa shape index (κ1) is 20.6. The van der Waals surface area contributed by atoms with Gasteiger partial charge in [-0.3, -0.25) is 9.59 Å². The summed E-state index contributed by atoms with van der Waals surface area (Å²) in [5.41, 5.74) is 3.81. The molecule has 1 unspecified atom stereocenters. The minimum absolute atomic E-state index is 0.0344. The monoisotopic (exact) mass is 404 g/mol. The predicted octanol–water partition coefficient (Wildman–Crippen LogP) is 5.08. The Kier molecular flexibility index (Phi) is 6.51. The van der Waals surface area contributed by atoms with Crippen molar-refractivity contribution < 1.29 is 9.59 Å². The molecule has 2 aromatic rings. The summed E-state index contributed by atoms with van der Waals surface area (Å²) in [6.07, 6.45) is 7.90. The van der Waals surface area contributed by atoms with Gasteiger partial charge in [-0.2, -0.15) is 0 Å². The van der Waals surface area contributed by atoms with Crippen LogP contribution in [0.4, 0.5) is 0 Å². The van der Waals surface area contributed by atoms with Gasteiger partial charge in [-0.1, -0.05) is 49.1 Å². The van der Waals surface area contributed by atoms with Gasteiger partial charge < -0.3 is 10.2 Å². The van der Waals surface area contributed by atoms with E-state index in [0.717, 1.165) is 54.5 Å². The molecule has 1 saturated heterocycles. The van der Waals surface area contributed by atoms with Gasteiger partial charge in [0.25, 0.3) is 11.8 Å². The summed E-state index contributed by atoms with van der Waals surface area (Å²) in [5.74, 6) is 0.411. The number of benzene rings is 2.